The highest BCUT2D eigenvalue weighted by atomic mass is 19.1. The highest BCUT2D eigenvalue weighted by Gasteiger charge is 2.32. The second-order valence-electron chi connectivity index (χ2n) is 6.09. The van der Waals surface area contributed by atoms with E-state index in [1.54, 1.807) is 18.2 Å². The van der Waals surface area contributed by atoms with Gasteiger partial charge in [0, 0.05) is 11.9 Å². The van der Waals surface area contributed by atoms with E-state index in [4.69, 9.17) is 14.0 Å². The van der Waals surface area contributed by atoms with Crippen LogP contribution in [0.4, 0.5) is 4.39 Å². The Morgan fingerprint density at radius 1 is 1.19 bits per heavy atom. The van der Waals surface area contributed by atoms with Gasteiger partial charge in [-0.15, -0.1) is 0 Å². The zero-order valence-electron chi connectivity index (χ0n) is 13.7. The molecule has 0 unspecified atom stereocenters. The maximum atomic E-state index is 13.5. The van der Waals surface area contributed by atoms with Gasteiger partial charge in [-0.3, -0.25) is 0 Å². The Kier molecular flexibility index (Phi) is 4.39. The summed E-state index contributed by atoms with van der Waals surface area (Å²) in [5, 5.41) is 14.3. The average molecular weight is 356 g/mol. The Balaban J connectivity index is 1.24. The molecule has 1 aromatic carbocycles. The van der Waals surface area contributed by atoms with E-state index in [0.29, 0.717) is 24.1 Å². The molecule has 0 N–H and O–H groups in total. The number of benzene rings is 1. The lowest BCUT2D eigenvalue weighted by Gasteiger charge is -2.34. The highest BCUT2D eigenvalue weighted by molar-refractivity contribution is 5.51. The van der Waals surface area contributed by atoms with Crippen molar-refractivity contribution in [3.05, 3.63) is 48.5 Å². The predicted molar refractivity (Wildman–Crippen MR) is 86.0 cm³/mol. The molecule has 1 aliphatic rings. The largest absolute Gasteiger partial charge is 0.856 e. The lowest BCUT2D eigenvalue weighted by atomic mass is 9.83. The van der Waals surface area contributed by atoms with Gasteiger partial charge in [0.25, 0.3) is 0 Å². The van der Waals surface area contributed by atoms with Gasteiger partial charge in [0.05, 0.1) is 19.0 Å². The molecule has 2 heterocycles. The molecule has 0 atom stereocenters. The maximum absolute atomic E-state index is 13.5. The lowest BCUT2D eigenvalue weighted by molar-refractivity contribution is -0.277. The Morgan fingerprint density at radius 3 is 2.73 bits per heavy atom. The summed E-state index contributed by atoms with van der Waals surface area (Å²) in [7, 11) is 0. The first-order valence-electron chi connectivity index (χ1n) is 8.17. The van der Waals surface area contributed by atoms with Crippen LogP contribution in [-0.4, -0.2) is 27.8 Å². The van der Waals surface area contributed by atoms with Crippen LogP contribution in [0.25, 0.3) is 11.5 Å². The molecule has 0 amide bonds. The van der Waals surface area contributed by atoms with Gasteiger partial charge in [-0.2, -0.15) is 0 Å². The van der Waals surface area contributed by atoms with Crippen molar-refractivity contribution in [1.29, 1.82) is 0 Å². The summed E-state index contributed by atoms with van der Waals surface area (Å²) < 4.78 is 29.6. The van der Waals surface area contributed by atoms with Gasteiger partial charge in [-0.05, 0) is 30.9 Å². The molecule has 0 bridgehead atoms. The molecule has 26 heavy (non-hydrogen) atoms. The lowest BCUT2D eigenvalue weighted by Crippen LogP contribution is -2.37. The minimum Gasteiger partial charge on any atom is -0.856 e. The fourth-order valence-corrected chi connectivity index (χ4v) is 2.73. The van der Waals surface area contributed by atoms with Crippen LogP contribution in [0, 0.1) is 11.7 Å². The SMILES string of the molecule is [O-]c1cc(-c2cnc(OC3CC(COc4ccccc4F)C3)cn2)on1. The van der Waals surface area contributed by atoms with E-state index in [9.17, 15) is 9.50 Å². The molecule has 134 valence electrons. The molecule has 1 fully saturated rings. The van der Waals surface area contributed by atoms with Crippen LogP contribution in [0.1, 0.15) is 12.8 Å². The molecule has 4 rings (SSSR count). The average Bonchev–Trinajstić information content (AvgIpc) is 3.05. The summed E-state index contributed by atoms with van der Waals surface area (Å²) in [5.41, 5.74) is 0.414. The number of rotatable bonds is 6. The molecule has 0 aliphatic heterocycles. The van der Waals surface area contributed by atoms with Crippen molar-refractivity contribution in [1.82, 2.24) is 15.1 Å². The molecular formula is C18H15FN3O4-. The monoisotopic (exact) mass is 356 g/mol. The van der Waals surface area contributed by atoms with Gasteiger partial charge in [-0.25, -0.2) is 14.4 Å². The van der Waals surface area contributed by atoms with Crippen molar-refractivity contribution >= 4 is 0 Å². The number of nitrogens with zero attached hydrogens (tertiary/aromatic N) is 3. The van der Waals surface area contributed by atoms with E-state index in [1.165, 1.54) is 24.5 Å². The molecule has 3 aromatic rings. The van der Waals surface area contributed by atoms with Crippen molar-refractivity contribution < 1.29 is 23.5 Å². The molecular weight excluding hydrogens is 341 g/mol. The first-order chi connectivity index (χ1) is 12.7. The summed E-state index contributed by atoms with van der Waals surface area (Å²) in [6.45, 7) is 0.453. The van der Waals surface area contributed by atoms with E-state index in [2.05, 4.69) is 15.1 Å². The van der Waals surface area contributed by atoms with Gasteiger partial charge in [-0.1, -0.05) is 17.3 Å². The molecule has 0 spiro atoms. The van der Waals surface area contributed by atoms with Crippen LogP contribution in [0.5, 0.6) is 17.5 Å². The summed E-state index contributed by atoms with van der Waals surface area (Å²) in [6, 6.07) is 7.61. The number of ether oxygens (including phenoxy) is 2. The highest BCUT2D eigenvalue weighted by Crippen LogP contribution is 2.32. The van der Waals surface area contributed by atoms with E-state index in [0.717, 1.165) is 12.8 Å². The fourth-order valence-electron chi connectivity index (χ4n) is 2.73. The zero-order valence-corrected chi connectivity index (χ0v) is 13.7. The molecule has 7 nitrogen and oxygen atoms in total. The van der Waals surface area contributed by atoms with E-state index >= 15 is 0 Å². The third kappa shape index (κ3) is 3.58. The Labute approximate surface area is 148 Å². The number of para-hydroxylation sites is 1. The maximum Gasteiger partial charge on any atom is 0.232 e. The van der Waals surface area contributed by atoms with Crippen molar-refractivity contribution in [3.63, 3.8) is 0 Å². The second kappa shape index (κ2) is 6.99. The third-order valence-corrected chi connectivity index (χ3v) is 4.16. The van der Waals surface area contributed by atoms with Crippen LogP contribution in [-0.2, 0) is 0 Å². The number of hydrogen-bond acceptors (Lipinski definition) is 7. The normalized spacial score (nSPS) is 19.0. The summed E-state index contributed by atoms with van der Waals surface area (Å²) in [5.74, 6) is 0.437. The standard InChI is InChI=1S/C18H16FN3O4/c19-13-3-1-2-4-15(13)24-10-11-5-12(6-11)25-18-9-20-14(8-21-18)16-7-17(23)22-26-16/h1-4,7-9,11-12H,5-6,10H2,(H,22,23)/p-1. The molecule has 2 aromatic heterocycles. The number of halogens is 1. The zero-order chi connectivity index (χ0) is 17.9. The van der Waals surface area contributed by atoms with Crippen LogP contribution < -0.4 is 14.6 Å². The van der Waals surface area contributed by atoms with E-state index in [1.807, 2.05) is 0 Å². The van der Waals surface area contributed by atoms with Crippen LogP contribution in [0.2, 0.25) is 0 Å². The van der Waals surface area contributed by atoms with Crippen molar-refractivity contribution in [2.24, 2.45) is 5.92 Å². The van der Waals surface area contributed by atoms with Gasteiger partial charge in [0.15, 0.2) is 17.3 Å². The van der Waals surface area contributed by atoms with Crippen molar-refractivity contribution in [3.8, 4) is 29.0 Å². The van der Waals surface area contributed by atoms with E-state index < -0.39 is 5.88 Å². The number of aromatic nitrogens is 3. The quantitative estimate of drug-likeness (QED) is 0.670. The van der Waals surface area contributed by atoms with Gasteiger partial charge in [0.2, 0.25) is 5.88 Å². The first-order valence-corrected chi connectivity index (χ1v) is 8.17. The van der Waals surface area contributed by atoms with Gasteiger partial charge >= 0.3 is 0 Å². The van der Waals surface area contributed by atoms with Crippen molar-refractivity contribution in [2.75, 3.05) is 6.61 Å². The molecule has 1 saturated carbocycles. The van der Waals surface area contributed by atoms with Gasteiger partial charge in [0.1, 0.15) is 11.8 Å². The van der Waals surface area contributed by atoms with Gasteiger partial charge < -0.3 is 19.1 Å². The third-order valence-electron chi connectivity index (χ3n) is 4.16. The fraction of sp³-hybridized carbons (Fsp3) is 0.278. The second-order valence-corrected chi connectivity index (χ2v) is 6.09. The Bertz CT molecular complexity index is 878. The molecule has 1 aliphatic carbocycles. The number of hydrogen-bond donors (Lipinski definition) is 0. The minimum atomic E-state index is -0.458. The Hall–Kier alpha value is -3.16. The molecule has 8 heteroatoms. The summed E-state index contributed by atoms with van der Waals surface area (Å²) in [4.78, 5) is 8.31. The first kappa shape index (κ1) is 16.3. The van der Waals surface area contributed by atoms with Crippen LogP contribution >= 0.6 is 0 Å². The smallest absolute Gasteiger partial charge is 0.232 e. The van der Waals surface area contributed by atoms with Crippen molar-refractivity contribution in [2.45, 2.75) is 18.9 Å². The Morgan fingerprint density at radius 2 is 2.04 bits per heavy atom. The molecule has 0 saturated heterocycles. The van der Waals surface area contributed by atoms with Crippen LogP contribution in [0.3, 0.4) is 0 Å². The molecule has 0 radical (unpaired) electrons. The predicted octanol–water partition coefficient (Wildman–Crippen LogP) is 2.58. The summed E-state index contributed by atoms with van der Waals surface area (Å²) >= 11 is 0. The summed E-state index contributed by atoms with van der Waals surface area (Å²) in [6.07, 6.45) is 4.58. The van der Waals surface area contributed by atoms with Crippen LogP contribution in [0.15, 0.2) is 47.2 Å². The topological polar surface area (TPSA) is 93.3 Å². The minimum absolute atomic E-state index is 0.0305. The van der Waals surface area contributed by atoms with E-state index in [-0.39, 0.29) is 23.4 Å².